The quantitative estimate of drug-likeness (QED) is 0.468. The molecule has 2 nitrogen and oxygen atoms in total. The van der Waals surface area contributed by atoms with Gasteiger partial charge in [0.2, 0.25) is 11.3 Å². The van der Waals surface area contributed by atoms with Crippen molar-refractivity contribution in [3.05, 3.63) is 0 Å². The first-order valence-electron chi connectivity index (χ1n) is 3.77. The van der Waals surface area contributed by atoms with Gasteiger partial charge < -0.3 is 0 Å². The first kappa shape index (κ1) is 7.58. The minimum absolute atomic E-state index is 0.126. The number of hydroxylamine groups is 1. The molecule has 0 spiro atoms. The standard InChI is InChI=1S/C8H16NO/c1-7-5-6-10-9(7)8(2,3)4/h5-6H2,1-4H3/q+1. The first-order chi connectivity index (χ1) is 4.52. The summed E-state index contributed by atoms with van der Waals surface area (Å²) in [6, 6.07) is 0. The van der Waals surface area contributed by atoms with Gasteiger partial charge in [-0.3, -0.25) is 4.84 Å². The van der Waals surface area contributed by atoms with Crippen molar-refractivity contribution in [1.29, 1.82) is 0 Å². The molecule has 0 N–H and O–H groups in total. The summed E-state index contributed by atoms with van der Waals surface area (Å²) < 4.78 is 2.01. The molecule has 0 atom stereocenters. The molecule has 0 amide bonds. The van der Waals surface area contributed by atoms with Gasteiger partial charge in [-0.2, -0.15) is 0 Å². The highest BCUT2D eigenvalue weighted by Gasteiger charge is 2.33. The summed E-state index contributed by atoms with van der Waals surface area (Å²) in [6.45, 7) is 9.44. The second-order valence-corrected chi connectivity index (χ2v) is 3.78. The molecular formula is C8H16NO+. The van der Waals surface area contributed by atoms with Crippen LogP contribution >= 0.6 is 0 Å². The Balaban J connectivity index is 2.81. The van der Waals surface area contributed by atoms with E-state index in [0.29, 0.717) is 0 Å². The smallest absolute Gasteiger partial charge is 0.205 e. The Labute approximate surface area is 62.5 Å². The minimum Gasteiger partial charge on any atom is -0.276 e. The fourth-order valence-electron chi connectivity index (χ4n) is 1.26. The number of rotatable bonds is 0. The van der Waals surface area contributed by atoms with Crippen LogP contribution in [0.25, 0.3) is 0 Å². The van der Waals surface area contributed by atoms with Gasteiger partial charge in [-0.1, -0.05) is 0 Å². The SMILES string of the molecule is CC1=[N+](C(C)(C)C)OCC1. The maximum Gasteiger partial charge on any atom is 0.205 e. The van der Waals surface area contributed by atoms with Crippen LogP contribution < -0.4 is 0 Å². The van der Waals surface area contributed by atoms with Crippen LogP contribution in [0.15, 0.2) is 0 Å². The van der Waals surface area contributed by atoms with Crippen LogP contribution in [0.1, 0.15) is 34.1 Å². The Morgan fingerprint density at radius 2 is 2.00 bits per heavy atom. The van der Waals surface area contributed by atoms with Crippen LogP contribution in [0.2, 0.25) is 0 Å². The number of nitrogens with zero attached hydrogens (tertiary/aromatic N) is 1. The van der Waals surface area contributed by atoms with Crippen molar-refractivity contribution in [3.63, 3.8) is 0 Å². The molecule has 58 valence electrons. The molecule has 0 bridgehead atoms. The van der Waals surface area contributed by atoms with Crippen LogP contribution in [0.5, 0.6) is 0 Å². The van der Waals surface area contributed by atoms with Gasteiger partial charge in [-0.05, 0) is 4.74 Å². The molecule has 0 aromatic heterocycles. The molecule has 0 radical (unpaired) electrons. The van der Waals surface area contributed by atoms with Crippen LogP contribution in [-0.4, -0.2) is 22.6 Å². The van der Waals surface area contributed by atoms with E-state index >= 15 is 0 Å². The fourth-order valence-corrected chi connectivity index (χ4v) is 1.26. The lowest BCUT2D eigenvalue weighted by atomic mass is 10.1. The van der Waals surface area contributed by atoms with Crippen LogP contribution in [0.4, 0.5) is 0 Å². The van der Waals surface area contributed by atoms with Crippen molar-refractivity contribution in [1.82, 2.24) is 0 Å². The van der Waals surface area contributed by atoms with Gasteiger partial charge in [-0.25, -0.2) is 0 Å². The summed E-state index contributed by atoms with van der Waals surface area (Å²) in [4.78, 5) is 5.43. The predicted octanol–water partition coefficient (Wildman–Crippen LogP) is 1.59. The average Bonchev–Trinajstić information content (AvgIpc) is 2.11. The van der Waals surface area contributed by atoms with Gasteiger partial charge in [-0.15, -0.1) is 0 Å². The van der Waals surface area contributed by atoms with E-state index in [4.69, 9.17) is 4.84 Å². The zero-order valence-corrected chi connectivity index (χ0v) is 7.27. The Kier molecular flexibility index (Phi) is 1.71. The van der Waals surface area contributed by atoms with E-state index in [9.17, 15) is 0 Å². The first-order valence-corrected chi connectivity index (χ1v) is 3.77. The molecule has 0 saturated heterocycles. The van der Waals surface area contributed by atoms with Gasteiger partial charge in [0.05, 0.1) is 6.42 Å². The number of hydrogen-bond donors (Lipinski definition) is 0. The van der Waals surface area contributed by atoms with E-state index in [1.807, 2.05) is 4.74 Å². The summed E-state index contributed by atoms with van der Waals surface area (Å²) >= 11 is 0. The Hall–Kier alpha value is -0.530. The highest BCUT2D eigenvalue weighted by molar-refractivity contribution is 5.77. The second-order valence-electron chi connectivity index (χ2n) is 3.78. The van der Waals surface area contributed by atoms with Crippen molar-refractivity contribution in [2.75, 3.05) is 6.61 Å². The Bertz CT molecular complexity index is 165. The Morgan fingerprint density at radius 3 is 2.20 bits per heavy atom. The van der Waals surface area contributed by atoms with Gasteiger partial charge in [0, 0.05) is 27.7 Å². The summed E-state index contributed by atoms with van der Waals surface area (Å²) in [5, 5.41) is 0. The molecule has 1 aliphatic heterocycles. The van der Waals surface area contributed by atoms with E-state index in [1.165, 1.54) is 5.71 Å². The molecule has 1 rings (SSSR count). The monoisotopic (exact) mass is 142 g/mol. The lowest BCUT2D eigenvalue weighted by Gasteiger charge is -2.11. The van der Waals surface area contributed by atoms with Crippen molar-refractivity contribution >= 4 is 5.71 Å². The van der Waals surface area contributed by atoms with Gasteiger partial charge in [0.25, 0.3) is 0 Å². The second kappa shape index (κ2) is 2.26. The Morgan fingerprint density at radius 1 is 1.40 bits per heavy atom. The van der Waals surface area contributed by atoms with E-state index < -0.39 is 0 Å². The topological polar surface area (TPSA) is 12.2 Å². The third kappa shape index (κ3) is 1.31. The molecule has 10 heavy (non-hydrogen) atoms. The van der Waals surface area contributed by atoms with E-state index in [0.717, 1.165) is 13.0 Å². The molecule has 2 heteroatoms. The van der Waals surface area contributed by atoms with Crippen molar-refractivity contribution in [2.45, 2.75) is 39.7 Å². The molecule has 1 aliphatic rings. The molecule has 0 saturated carbocycles. The van der Waals surface area contributed by atoms with Crippen LogP contribution in [0, 0.1) is 0 Å². The lowest BCUT2D eigenvalue weighted by Crippen LogP contribution is -2.33. The van der Waals surface area contributed by atoms with Crippen LogP contribution in [0.3, 0.4) is 0 Å². The molecular weight excluding hydrogens is 126 g/mol. The predicted molar refractivity (Wildman–Crippen MR) is 41.3 cm³/mol. The van der Waals surface area contributed by atoms with Crippen LogP contribution in [-0.2, 0) is 4.84 Å². The van der Waals surface area contributed by atoms with E-state index in [1.54, 1.807) is 0 Å². The third-order valence-corrected chi connectivity index (χ3v) is 1.64. The minimum atomic E-state index is 0.126. The molecule has 0 aromatic carbocycles. The summed E-state index contributed by atoms with van der Waals surface area (Å²) in [5.74, 6) is 0. The van der Waals surface area contributed by atoms with Crippen molar-refractivity contribution < 1.29 is 9.58 Å². The maximum atomic E-state index is 5.43. The molecule has 0 aliphatic carbocycles. The molecule has 0 aromatic rings. The van der Waals surface area contributed by atoms with Gasteiger partial charge in [0.1, 0.15) is 0 Å². The lowest BCUT2D eigenvalue weighted by molar-refractivity contribution is -0.822. The van der Waals surface area contributed by atoms with Crippen molar-refractivity contribution in [2.24, 2.45) is 0 Å². The highest BCUT2D eigenvalue weighted by Crippen LogP contribution is 2.13. The van der Waals surface area contributed by atoms with Crippen molar-refractivity contribution in [3.8, 4) is 0 Å². The summed E-state index contributed by atoms with van der Waals surface area (Å²) in [6.07, 6.45) is 1.08. The van der Waals surface area contributed by atoms with Gasteiger partial charge in [0.15, 0.2) is 6.61 Å². The van der Waals surface area contributed by atoms with E-state index in [-0.39, 0.29) is 5.54 Å². The average molecular weight is 142 g/mol. The number of hydrogen-bond acceptors (Lipinski definition) is 1. The zero-order valence-electron chi connectivity index (χ0n) is 7.27. The van der Waals surface area contributed by atoms with Gasteiger partial charge >= 0.3 is 0 Å². The maximum absolute atomic E-state index is 5.43. The fraction of sp³-hybridized carbons (Fsp3) is 0.875. The van der Waals surface area contributed by atoms with E-state index in [2.05, 4.69) is 27.7 Å². The summed E-state index contributed by atoms with van der Waals surface area (Å²) in [5.41, 5.74) is 1.47. The highest BCUT2D eigenvalue weighted by atomic mass is 16.7. The molecule has 0 unspecified atom stereocenters. The largest absolute Gasteiger partial charge is 0.276 e. The molecule has 1 heterocycles. The summed E-state index contributed by atoms with van der Waals surface area (Å²) in [7, 11) is 0. The normalized spacial score (nSPS) is 19.6. The zero-order chi connectivity index (χ0) is 7.78. The molecule has 0 fully saturated rings. The third-order valence-electron chi connectivity index (χ3n) is 1.64.